The molecule has 0 unspecified atom stereocenters. The fourth-order valence-corrected chi connectivity index (χ4v) is 1.92. The third-order valence-corrected chi connectivity index (χ3v) is 2.67. The van der Waals surface area contributed by atoms with Gasteiger partial charge in [-0.15, -0.1) is 11.8 Å². The van der Waals surface area contributed by atoms with Crippen molar-refractivity contribution in [3.63, 3.8) is 0 Å². The quantitative estimate of drug-likeness (QED) is 0.743. The van der Waals surface area contributed by atoms with Crippen LogP contribution < -0.4 is 5.32 Å². The van der Waals surface area contributed by atoms with Gasteiger partial charge < -0.3 is 5.32 Å². The predicted molar refractivity (Wildman–Crippen MR) is 55.0 cm³/mol. The van der Waals surface area contributed by atoms with E-state index in [1.54, 1.807) is 11.8 Å². The zero-order valence-electron chi connectivity index (χ0n) is 6.38. The first-order valence-corrected chi connectivity index (χ1v) is 5.10. The fourth-order valence-electron chi connectivity index (χ4n) is 1.09. The summed E-state index contributed by atoms with van der Waals surface area (Å²) in [4.78, 5) is 0. The zero-order chi connectivity index (χ0) is 8.39. The minimum atomic E-state index is 0.782. The van der Waals surface area contributed by atoms with Gasteiger partial charge in [0.2, 0.25) is 0 Å². The predicted octanol–water partition coefficient (Wildman–Crippen LogP) is 2.93. The van der Waals surface area contributed by atoms with E-state index in [0.29, 0.717) is 0 Å². The molecule has 1 heterocycles. The Balaban J connectivity index is 2.28. The molecule has 2 rings (SSSR count). The van der Waals surface area contributed by atoms with Gasteiger partial charge in [0.05, 0.1) is 5.88 Å². The second kappa shape index (κ2) is 3.42. The van der Waals surface area contributed by atoms with Gasteiger partial charge >= 0.3 is 0 Å². The van der Waals surface area contributed by atoms with Gasteiger partial charge in [-0.1, -0.05) is 23.7 Å². The van der Waals surface area contributed by atoms with Gasteiger partial charge in [-0.05, 0) is 23.1 Å². The molecule has 0 spiro atoms. The molecule has 0 amide bonds. The van der Waals surface area contributed by atoms with Crippen molar-refractivity contribution in [3.8, 4) is 0 Å². The van der Waals surface area contributed by atoms with Crippen LogP contribution >= 0.6 is 23.4 Å². The van der Waals surface area contributed by atoms with Crippen molar-refractivity contribution in [2.24, 2.45) is 0 Å². The van der Waals surface area contributed by atoms with Crippen LogP contribution in [-0.4, -0.2) is 5.88 Å². The smallest absolute Gasteiger partial charge is 0.0652 e. The van der Waals surface area contributed by atoms with Crippen molar-refractivity contribution in [1.29, 1.82) is 0 Å². The molecule has 0 aromatic heterocycles. The average molecular weight is 198 g/mol. The van der Waals surface area contributed by atoms with E-state index in [9.17, 15) is 0 Å². The summed E-state index contributed by atoms with van der Waals surface area (Å²) >= 11 is 7.55. The summed E-state index contributed by atoms with van der Waals surface area (Å²) in [5.41, 5.74) is 2.39. The third-order valence-electron chi connectivity index (χ3n) is 1.70. The summed E-state index contributed by atoms with van der Waals surface area (Å²) in [6, 6.07) is 7.85. The molecule has 0 atom stereocenters. The van der Waals surface area contributed by atoms with E-state index in [2.05, 4.69) is 10.7 Å². The van der Waals surface area contributed by atoms with Crippen LogP contribution in [0.4, 0.5) is 0 Å². The van der Waals surface area contributed by atoms with Gasteiger partial charge in [-0.2, -0.15) is 0 Å². The zero-order valence-corrected chi connectivity index (χ0v) is 7.95. The van der Waals surface area contributed by atoms with E-state index in [1.807, 2.05) is 24.3 Å². The molecule has 0 saturated heterocycles. The van der Waals surface area contributed by atoms with Crippen LogP contribution in [0.25, 0.3) is 5.70 Å². The lowest BCUT2D eigenvalue weighted by molar-refractivity contribution is 1.11. The topological polar surface area (TPSA) is 12.0 Å². The number of thioether (sulfide) groups is 1. The molecular weight excluding hydrogens is 190 g/mol. The molecule has 1 aromatic rings. The Morgan fingerprint density at radius 2 is 2.00 bits per heavy atom. The largest absolute Gasteiger partial charge is 0.375 e. The van der Waals surface area contributed by atoms with Crippen LogP contribution in [0.2, 0.25) is 5.02 Å². The van der Waals surface area contributed by atoms with E-state index < -0.39 is 0 Å². The van der Waals surface area contributed by atoms with Crippen molar-refractivity contribution in [2.45, 2.75) is 0 Å². The molecule has 62 valence electrons. The van der Waals surface area contributed by atoms with Crippen LogP contribution in [0.15, 0.2) is 29.7 Å². The Kier molecular flexibility index (Phi) is 2.28. The summed E-state index contributed by atoms with van der Waals surface area (Å²) < 4.78 is 0. The average Bonchev–Trinajstić information content (AvgIpc) is 2.58. The second-order valence-corrected chi connectivity index (χ2v) is 3.82. The number of halogens is 1. The van der Waals surface area contributed by atoms with Crippen LogP contribution in [-0.2, 0) is 0 Å². The molecule has 0 aliphatic carbocycles. The highest BCUT2D eigenvalue weighted by atomic mass is 35.5. The van der Waals surface area contributed by atoms with E-state index in [1.165, 1.54) is 11.3 Å². The maximum absolute atomic E-state index is 5.77. The first-order valence-electron chi connectivity index (χ1n) is 3.68. The first-order chi connectivity index (χ1) is 5.86. The molecule has 1 N–H and O–H groups in total. The van der Waals surface area contributed by atoms with Crippen LogP contribution in [0, 0.1) is 0 Å². The van der Waals surface area contributed by atoms with Crippen molar-refractivity contribution in [2.75, 3.05) is 5.88 Å². The Bertz CT molecular complexity index is 305. The standard InChI is InChI=1S/C9H8ClNS/c10-8-3-1-7(2-4-8)9-5-12-6-11-9/h1-5,11H,6H2. The summed E-state index contributed by atoms with van der Waals surface area (Å²) in [5.74, 6) is 0.970. The summed E-state index contributed by atoms with van der Waals surface area (Å²) in [6.07, 6.45) is 0. The Hall–Kier alpha value is -0.600. The van der Waals surface area contributed by atoms with Crippen molar-refractivity contribution < 1.29 is 0 Å². The molecular formula is C9H8ClNS. The lowest BCUT2D eigenvalue weighted by Crippen LogP contribution is -2.04. The molecule has 0 bridgehead atoms. The molecule has 1 aromatic carbocycles. The number of hydrogen-bond acceptors (Lipinski definition) is 2. The van der Waals surface area contributed by atoms with Gasteiger partial charge in [-0.25, -0.2) is 0 Å². The van der Waals surface area contributed by atoms with E-state index in [4.69, 9.17) is 11.6 Å². The van der Waals surface area contributed by atoms with E-state index >= 15 is 0 Å². The molecule has 0 saturated carbocycles. The number of nitrogens with one attached hydrogen (secondary N) is 1. The monoisotopic (exact) mass is 197 g/mol. The summed E-state index contributed by atoms with van der Waals surface area (Å²) in [5, 5.41) is 6.18. The van der Waals surface area contributed by atoms with E-state index in [0.717, 1.165) is 10.9 Å². The molecule has 0 radical (unpaired) electrons. The van der Waals surface area contributed by atoms with Crippen LogP contribution in [0.1, 0.15) is 5.56 Å². The molecule has 1 aliphatic rings. The van der Waals surface area contributed by atoms with Crippen molar-refractivity contribution in [3.05, 3.63) is 40.3 Å². The van der Waals surface area contributed by atoms with Crippen molar-refractivity contribution in [1.82, 2.24) is 5.32 Å². The summed E-state index contributed by atoms with van der Waals surface area (Å²) in [7, 11) is 0. The van der Waals surface area contributed by atoms with Gasteiger partial charge in [0, 0.05) is 10.7 Å². The van der Waals surface area contributed by atoms with Crippen molar-refractivity contribution >= 4 is 29.1 Å². The van der Waals surface area contributed by atoms with Gasteiger partial charge in [0.1, 0.15) is 0 Å². The highest BCUT2D eigenvalue weighted by Gasteiger charge is 2.05. The van der Waals surface area contributed by atoms with E-state index in [-0.39, 0.29) is 0 Å². The lowest BCUT2D eigenvalue weighted by atomic mass is 10.2. The first kappa shape index (κ1) is 8.02. The molecule has 0 fully saturated rings. The minimum absolute atomic E-state index is 0.782. The SMILES string of the molecule is Clc1ccc(C2=CSCN2)cc1. The summed E-state index contributed by atoms with van der Waals surface area (Å²) in [6.45, 7) is 0. The highest BCUT2D eigenvalue weighted by Crippen LogP contribution is 2.22. The number of rotatable bonds is 1. The molecule has 3 heteroatoms. The Morgan fingerprint density at radius 1 is 1.25 bits per heavy atom. The van der Waals surface area contributed by atoms with Gasteiger partial charge in [0.15, 0.2) is 0 Å². The van der Waals surface area contributed by atoms with Crippen LogP contribution in [0.5, 0.6) is 0 Å². The van der Waals surface area contributed by atoms with Gasteiger partial charge in [-0.3, -0.25) is 0 Å². The minimum Gasteiger partial charge on any atom is -0.375 e. The normalized spacial score (nSPS) is 15.6. The van der Waals surface area contributed by atoms with Crippen LogP contribution in [0.3, 0.4) is 0 Å². The fraction of sp³-hybridized carbons (Fsp3) is 0.111. The maximum atomic E-state index is 5.77. The Morgan fingerprint density at radius 3 is 2.58 bits per heavy atom. The maximum Gasteiger partial charge on any atom is 0.0652 e. The molecule has 1 nitrogen and oxygen atoms in total. The second-order valence-electron chi connectivity index (χ2n) is 2.53. The molecule has 12 heavy (non-hydrogen) atoms. The number of benzene rings is 1. The van der Waals surface area contributed by atoms with Gasteiger partial charge in [0.25, 0.3) is 0 Å². The Labute approximate surface area is 80.8 Å². The molecule has 1 aliphatic heterocycles. The highest BCUT2D eigenvalue weighted by molar-refractivity contribution is 8.02. The lowest BCUT2D eigenvalue weighted by Gasteiger charge is -2.02. The number of hydrogen-bond donors (Lipinski definition) is 1. The third kappa shape index (κ3) is 1.59.